The Morgan fingerprint density at radius 3 is 2.62 bits per heavy atom. The van der Waals surface area contributed by atoms with E-state index in [1.807, 2.05) is 6.92 Å². The Morgan fingerprint density at radius 2 is 2.10 bits per heavy atom. The van der Waals surface area contributed by atoms with E-state index in [1.165, 1.54) is 0 Å². The van der Waals surface area contributed by atoms with Gasteiger partial charge in [0.1, 0.15) is 5.54 Å². The van der Waals surface area contributed by atoms with Gasteiger partial charge in [-0.3, -0.25) is 5.32 Å². The van der Waals surface area contributed by atoms with Crippen molar-refractivity contribution >= 4 is 17.6 Å². The van der Waals surface area contributed by atoms with Gasteiger partial charge in [0.15, 0.2) is 0 Å². The van der Waals surface area contributed by atoms with Crippen LogP contribution in [0.25, 0.3) is 10.4 Å². The molecule has 1 aromatic rings. The van der Waals surface area contributed by atoms with Crippen LogP contribution in [0.15, 0.2) is 29.4 Å². The lowest BCUT2D eigenvalue weighted by molar-refractivity contribution is -0.152. The van der Waals surface area contributed by atoms with Crippen LogP contribution in [0.1, 0.15) is 25.8 Å². The van der Waals surface area contributed by atoms with Crippen LogP contribution < -0.4 is 5.32 Å². The highest BCUT2D eigenvalue weighted by Crippen LogP contribution is 2.28. The van der Waals surface area contributed by atoms with E-state index in [2.05, 4.69) is 15.3 Å². The number of esters is 1. The van der Waals surface area contributed by atoms with E-state index in [9.17, 15) is 4.79 Å². The molecule has 1 rings (SSSR count). The predicted molar refractivity (Wildman–Crippen MR) is 82.1 cm³/mol. The summed E-state index contributed by atoms with van der Waals surface area (Å²) in [6, 6.07) is 7.05. The fraction of sp³-hybridized carbons (Fsp3) is 0.500. The molecule has 0 heterocycles. The molecule has 6 nitrogen and oxygen atoms in total. The van der Waals surface area contributed by atoms with Crippen molar-refractivity contribution in [2.24, 2.45) is 5.11 Å². The van der Waals surface area contributed by atoms with Gasteiger partial charge < -0.3 is 4.74 Å². The molecular formula is C14H19ClN4O2. The zero-order valence-corrected chi connectivity index (χ0v) is 12.9. The van der Waals surface area contributed by atoms with Crippen molar-refractivity contribution in [1.29, 1.82) is 0 Å². The maximum absolute atomic E-state index is 12.4. The smallest absolute Gasteiger partial charge is 0.330 e. The molecular weight excluding hydrogens is 292 g/mol. The van der Waals surface area contributed by atoms with E-state index in [4.69, 9.17) is 21.9 Å². The lowest BCUT2D eigenvalue weighted by Gasteiger charge is -2.32. The number of nitrogens with one attached hydrogen (secondary N) is 1. The average molecular weight is 311 g/mol. The van der Waals surface area contributed by atoms with Crippen LogP contribution in [0, 0.1) is 0 Å². The SMILES string of the molecule is CCOC(=O)C(CC)(NCCN=[N+]=[N-])c1ccc(Cl)cc1. The first-order valence-corrected chi connectivity index (χ1v) is 7.17. The highest BCUT2D eigenvalue weighted by molar-refractivity contribution is 6.30. The second-order valence-corrected chi connectivity index (χ2v) is 4.80. The topological polar surface area (TPSA) is 87.1 Å². The van der Waals surface area contributed by atoms with Gasteiger partial charge in [-0.05, 0) is 36.6 Å². The second-order valence-electron chi connectivity index (χ2n) is 4.37. The van der Waals surface area contributed by atoms with Crippen molar-refractivity contribution in [2.45, 2.75) is 25.8 Å². The average Bonchev–Trinajstić information content (AvgIpc) is 2.49. The summed E-state index contributed by atoms with van der Waals surface area (Å²) >= 11 is 5.90. The summed E-state index contributed by atoms with van der Waals surface area (Å²) < 4.78 is 5.20. The van der Waals surface area contributed by atoms with Crippen LogP contribution in [0.2, 0.25) is 5.02 Å². The molecule has 0 aliphatic carbocycles. The number of hydrogen-bond donors (Lipinski definition) is 1. The van der Waals surface area contributed by atoms with Crippen molar-refractivity contribution in [3.63, 3.8) is 0 Å². The summed E-state index contributed by atoms with van der Waals surface area (Å²) in [5, 5.41) is 7.22. The molecule has 1 aromatic carbocycles. The Kier molecular flexibility index (Phi) is 7.02. The summed E-state index contributed by atoms with van der Waals surface area (Å²) in [6.45, 7) is 4.59. The molecule has 1 N–H and O–H groups in total. The quantitative estimate of drug-likeness (QED) is 0.262. The number of halogens is 1. The van der Waals surface area contributed by atoms with Crippen LogP contribution >= 0.6 is 11.6 Å². The summed E-state index contributed by atoms with van der Waals surface area (Å²) in [7, 11) is 0. The molecule has 0 spiro atoms. The zero-order valence-electron chi connectivity index (χ0n) is 12.2. The van der Waals surface area contributed by atoms with Crippen LogP contribution in [0.5, 0.6) is 0 Å². The molecule has 0 saturated heterocycles. The van der Waals surface area contributed by atoms with Crippen LogP contribution in [0.3, 0.4) is 0 Å². The molecule has 1 unspecified atom stereocenters. The lowest BCUT2D eigenvalue weighted by atomic mass is 9.87. The van der Waals surface area contributed by atoms with E-state index in [0.29, 0.717) is 24.6 Å². The molecule has 114 valence electrons. The molecule has 0 aromatic heterocycles. The van der Waals surface area contributed by atoms with Crippen molar-refractivity contribution in [3.05, 3.63) is 45.3 Å². The fourth-order valence-corrected chi connectivity index (χ4v) is 2.24. The normalized spacial score (nSPS) is 13.1. The largest absolute Gasteiger partial charge is 0.464 e. The van der Waals surface area contributed by atoms with E-state index >= 15 is 0 Å². The minimum Gasteiger partial charge on any atom is -0.464 e. The highest BCUT2D eigenvalue weighted by Gasteiger charge is 2.39. The minimum absolute atomic E-state index is 0.255. The standard InChI is InChI=1S/C14H19ClN4O2/c1-3-14(13(20)21-4-2,17-9-10-18-19-16)11-5-7-12(15)8-6-11/h5-8,17H,3-4,9-10H2,1-2H3. The number of hydrogen-bond acceptors (Lipinski definition) is 4. The summed E-state index contributed by atoms with van der Waals surface area (Å²) in [4.78, 5) is 15.1. The highest BCUT2D eigenvalue weighted by atomic mass is 35.5. The van der Waals surface area contributed by atoms with Crippen LogP contribution in [-0.2, 0) is 15.1 Å². The zero-order chi connectivity index (χ0) is 15.7. The van der Waals surface area contributed by atoms with Gasteiger partial charge in [0.2, 0.25) is 0 Å². The van der Waals surface area contributed by atoms with E-state index in [0.717, 1.165) is 5.56 Å². The minimum atomic E-state index is -0.967. The molecule has 0 saturated carbocycles. The molecule has 7 heteroatoms. The van der Waals surface area contributed by atoms with Gasteiger partial charge in [0.05, 0.1) is 6.61 Å². The summed E-state index contributed by atoms with van der Waals surface area (Å²) in [5.41, 5.74) is 8.12. The fourth-order valence-electron chi connectivity index (χ4n) is 2.12. The first-order chi connectivity index (χ1) is 10.1. The lowest BCUT2D eigenvalue weighted by Crippen LogP contribution is -2.50. The molecule has 0 bridgehead atoms. The van der Waals surface area contributed by atoms with E-state index in [1.54, 1.807) is 31.2 Å². The van der Waals surface area contributed by atoms with Gasteiger partial charge in [0.25, 0.3) is 0 Å². The molecule has 0 amide bonds. The number of carbonyl (C=O) groups is 1. The Morgan fingerprint density at radius 1 is 1.43 bits per heavy atom. The van der Waals surface area contributed by atoms with Crippen molar-refractivity contribution in [1.82, 2.24) is 5.32 Å². The van der Waals surface area contributed by atoms with Gasteiger partial charge in [-0.15, -0.1) is 0 Å². The molecule has 0 radical (unpaired) electrons. The van der Waals surface area contributed by atoms with Crippen molar-refractivity contribution < 1.29 is 9.53 Å². The number of nitrogens with zero attached hydrogens (tertiary/aromatic N) is 3. The van der Waals surface area contributed by atoms with Crippen LogP contribution in [-0.4, -0.2) is 25.7 Å². The van der Waals surface area contributed by atoms with E-state index in [-0.39, 0.29) is 12.5 Å². The molecule has 0 aliphatic heterocycles. The maximum atomic E-state index is 12.4. The number of rotatable bonds is 8. The first kappa shape index (κ1) is 17.3. The Bertz CT molecular complexity index is 514. The molecule has 21 heavy (non-hydrogen) atoms. The molecule has 0 fully saturated rings. The number of benzene rings is 1. The molecule has 1 atom stereocenters. The van der Waals surface area contributed by atoms with Crippen molar-refractivity contribution in [3.8, 4) is 0 Å². The van der Waals surface area contributed by atoms with E-state index < -0.39 is 5.54 Å². The van der Waals surface area contributed by atoms with Gasteiger partial charge >= 0.3 is 5.97 Å². The van der Waals surface area contributed by atoms with Gasteiger partial charge in [-0.25, -0.2) is 4.79 Å². The van der Waals surface area contributed by atoms with Gasteiger partial charge in [0, 0.05) is 23.0 Å². The van der Waals surface area contributed by atoms with Gasteiger partial charge in [-0.2, -0.15) is 0 Å². The number of ether oxygens (including phenoxy) is 1. The van der Waals surface area contributed by atoms with Crippen molar-refractivity contribution in [2.75, 3.05) is 19.7 Å². The third-order valence-corrected chi connectivity index (χ3v) is 3.45. The Hall–Kier alpha value is -1.75. The summed E-state index contributed by atoms with van der Waals surface area (Å²) in [5.74, 6) is -0.351. The first-order valence-electron chi connectivity index (χ1n) is 6.79. The molecule has 0 aliphatic rings. The third-order valence-electron chi connectivity index (χ3n) is 3.19. The number of carbonyl (C=O) groups excluding carboxylic acids is 1. The predicted octanol–water partition coefficient (Wildman–Crippen LogP) is 3.41. The maximum Gasteiger partial charge on any atom is 0.330 e. The Labute approximate surface area is 129 Å². The van der Waals surface area contributed by atoms with Gasteiger partial charge in [-0.1, -0.05) is 35.8 Å². The number of azide groups is 1. The second kappa shape index (κ2) is 8.52. The van der Waals surface area contributed by atoms with Crippen LogP contribution in [0.4, 0.5) is 0 Å². The summed E-state index contributed by atoms with van der Waals surface area (Å²) in [6.07, 6.45) is 0.504. The monoisotopic (exact) mass is 310 g/mol. The Balaban J connectivity index is 3.08. The third kappa shape index (κ3) is 4.36.